The average Bonchev–Trinajstić information content (AvgIpc) is 2.47. The molecule has 2 aromatic rings. The molecule has 0 fully saturated rings. The normalized spacial score (nSPS) is 10.8. The minimum absolute atomic E-state index is 0.00986. The molecule has 0 aliphatic heterocycles. The summed E-state index contributed by atoms with van der Waals surface area (Å²) in [6, 6.07) is 10.4. The van der Waals surface area contributed by atoms with Gasteiger partial charge in [0.2, 0.25) is 0 Å². The number of amides is 1. The number of anilines is 1. The number of carbonyl (C=O) groups is 2. The predicted octanol–water partition coefficient (Wildman–Crippen LogP) is 1.70. The van der Waals surface area contributed by atoms with Crippen molar-refractivity contribution < 1.29 is 9.59 Å². The Bertz CT molecular complexity index is 595. The minimum atomic E-state index is -0.514. The first-order valence-electron chi connectivity index (χ1n) is 5.60. The van der Waals surface area contributed by atoms with Crippen LogP contribution in [0.5, 0.6) is 0 Å². The summed E-state index contributed by atoms with van der Waals surface area (Å²) in [6.45, 7) is 0. The molecule has 0 bridgehead atoms. The van der Waals surface area contributed by atoms with E-state index in [-0.39, 0.29) is 5.57 Å². The fraction of sp³-hybridized carbons (Fsp3) is 0. The Kier molecular flexibility index (Phi) is 4.12. The van der Waals surface area contributed by atoms with Crippen LogP contribution in [-0.2, 0) is 9.59 Å². The topological polar surface area (TPSA) is 72.0 Å². The molecule has 0 aromatic carbocycles. The fourth-order valence-electron chi connectivity index (χ4n) is 1.40. The van der Waals surface area contributed by atoms with Crippen molar-refractivity contribution in [3.63, 3.8) is 0 Å². The number of carbonyl (C=O) groups excluding carboxylic acids is 2. The summed E-state index contributed by atoms with van der Waals surface area (Å²) < 4.78 is 0. The van der Waals surface area contributed by atoms with Gasteiger partial charge >= 0.3 is 0 Å². The minimum Gasteiger partial charge on any atom is -0.306 e. The van der Waals surface area contributed by atoms with E-state index in [1.807, 2.05) is 0 Å². The number of hydrogen-bond donors (Lipinski definition) is 1. The fourth-order valence-corrected chi connectivity index (χ4v) is 1.40. The molecule has 2 aromatic heterocycles. The zero-order valence-corrected chi connectivity index (χ0v) is 9.98. The lowest BCUT2D eigenvalue weighted by Gasteiger charge is -2.03. The number of aldehydes is 1. The SMILES string of the molecule is O=C/C(=C\c1ccccn1)C(=O)Nc1ccccn1. The number of hydrogen-bond acceptors (Lipinski definition) is 4. The van der Waals surface area contributed by atoms with Crippen LogP contribution in [0.25, 0.3) is 6.08 Å². The van der Waals surface area contributed by atoms with Gasteiger partial charge in [0.1, 0.15) is 5.82 Å². The monoisotopic (exact) mass is 253 g/mol. The third-order valence-electron chi connectivity index (χ3n) is 2.29. The quantitative estimate of drug-likeness (QED) is 0.389. The molecule has 94 valence electrons. The van der Waals surface area contributed by atoms with Gasteiger partial charge in [0, 0.05) is 12.4 Å². The number of nitrogens with one attached hydrogen (secondary N) is 1. The van der Waals surface area contributed by atoms with Gasteiger partial charge in [-0.25, -0.2) is 4.98 Å². The smallest absolute Gasteiger partial charge is 0.260 e. The van der Waals surface area contributed by atoms with E-state index in [1.165, 1.54) is 6.08 Å². The third kappa shape index (κ3) is 3.57. The zero-order chi connectivity index (χ0) is 13.5. The second-order valence-corrected chi connectivity index (χ2v) is 3.64. The Hall–Kier alpha value is -2.82. The largest absolute Gasteiger partial charge is 0.306 e. The molecule has 2 rings (SSSR count). The van der Waals surface area contributed by atoms with Crippen molar-refractivity contribution in [1.82, 2.24) is 9.97 Å². The van der Waals surface area contributed by atoms with E-state index in [0.717, 1.165) is 0 Å². The molecular weight excluding hydrogens is 242 g/mol. The van der Waals surface area contributed by atoms with Crippen molar-refractivity contribution in [3.05, 3.63) is 60.1 Å². The van der Waals surface area contributed by atoms with E-state index in [0.29, 0.717) is 17.8 Å². The van der Waals surface area contributed by atoms with Gasteiger partial charge < -0.3 is 5.32 Å². The van der Waals surface area contributed by atoms with Crippen molar-refractivity contribution in [2.75, 3.05) is 5.32 Å². The Morgan fingerprint density at radius 1 is 1.05 bits per heavy atom. The lowest BCUT2D eigenvalue weighted by Crippen LogP contribution is -2.16. The molecule has 0 saturated heterocycles. The van der Waals surface area contributed by atoms with Crippen LogP contribution >= 0.6 is 0 Å². The summed E-state index contributed by atoms with van der Waals surface area (Å²) >= 11 is 0. The van der Waals surface area contributed by atoms with Gasteiger partial charge in [-0.2, -0.15) is 0 Å². The summed E-state index contributed by atoms with van der Waals surface area (Å²) in [4.78, 5) is 30.8. The Morgan fingerprint density at radius 2 is 1.79 bits per heavy atom. The first kappa shape index (κ1) is 12.6. The van der Waals surface area contributed by atoms with E-state index in [1.54, 1.807) is 48.8 Å². The van der Waals surface area contributed by atoms with E-state index in [2.05, 4.69) is 15.3 Å². The molecule has 1 N–H and O–H groups in total. The molecule has 5 nitrogen and oxygen atoms in total. The Balaban J connectivity index is 2.16. The molecular formula is C14H11N3O2. The maximum Gasteiger partial charge on any atom is 0.260 e. The summed E-state index contributed by atoms with van der Waals surface area (Å²) in [5.41, 5.74) is 0.533. The predicted molar refractivity (Wildman–Crippen MR) is 71.1 cm³/mol. The Morgan fingerprint density at radius 3 is 2.37 bits per heavy atom. The number of aromatic nitrogens is 2. The third-order valence-corrected chi connectivity index (χ3v) is 2.29. The summed E-state index contributed by atoms with van der Waals surface area (Å²) in [5.74, 6) is -0.124. The number of pyridine rings is 2. The highest BCUT2D eigenvalue weighted by molar-refractivity contribution is 6.19. The van der Waals surface area contributed by atoms with Crippen LogP contribution in [-0.4, -0.2) is 22.2 Å². The van der Waals surface area contributed by atoms with Crippen molar-refractivity contribution in [2.45, 2.75) is 0 Å². The number of rotatable bonds is 4. The molecule has 0 saturated carbocycles. The lowest BCUT2D eigenvalue weighted by atomic mass is 10.2. The van der Waals surface area contributed by atoms with Crippen molar-refractivity contribution >= 4 is 24.1 Å². The molecule has 0 unspecified atom stereocenters. The van der Waals surface area contributed by atoms with E-state index in [9.17, 15) is 9.59 Å². The highest BCUT2D eigenvalue weighted by Crippen LogP contribution is 2.06. The molecule has 0 radical (unpaired) electrons. The molecule has 2 heterocycles. The van der Waals surface area contributed by atoms with Gasteiger partial charge in [0.25, 0.3) is 5.91 Å². The summed E-state index contributed by atoms with van der Waals surface area (Å²) in [5, 5.41) is 2.54. The van der Waals surface area contributed by atoms with Crippen LogP contribution in [0.3, 0.4) is 0 Å². The maximum atomic E-state index is 11.9. The van der Waals surface area contributed by atoms with Gasteiger partial charge in [0.05, 0.1) is 11.3 Å². The number of nitrogens with zero attached hydrogens (tertiary/aromatic N) is 2. The van der Waals surface area contributed by atoms with E-state index < -0.39 is 5.91 Å². The second kappa shape index (κ2) is 6.20. The van der Waals surface area contributed by atoms with Gasteiger partial charge in [-0.3, -0.25) is 14.6 Å². The van der Waals surface area contributed by atoms with Crippen LogP contribution in [0.4, 0.5) is 5.82 Å². The van der Waals surface area contributed by atoms with Crippen LogP contribution in [0.15, 0.2) is 54.4 Å². The average molecular weight is 253 g/mol. The molecule has 0 atom stereocenters. The molecule has 5 heteroatoms. The highest BCUT2D eigenvalue weighted by Gasteiger charge is 2.09. The van der Waals surface area contributed by atoms with Crippen molar-refractivity contribution in [1.29, 1.82) is 0 Å². The molecule has 0 spiro atoms. The van der Waals surface area contributed by atoms with Crippen LogP contribution in [0, 0.1) is 0 Å². The van der Waals surface area contributed by atoms with Crippen LogP contribution in [0.2, 0.25) is 0 Å². The van der Waals surface area contributed by atoms with E-state index in [4.69, 9.17) is 0 Å². The van der Waals surface area contributed by atoms with Crippen molar-refractivity contribution in [2.24, 2.45) is 0 Å². The van der Waals surface area contributed by atoms with Crippen LogP contribution in [0.1, 0.15) is 5.69 Å². The highest BCUT2D eigenvalue weighted by atomic mass is 16.2. The lowest BCUT2D eigenvalue weighted by molar-refractivity contribution is -0.115. The maximum absolute atomic E-state index is 11.9. The molecule has 0 aliphatic rings. The second-order valence-electron chi connectivity index (χ2n) is 3.64. The van der Waals surface area contributed by atoms with Gasteiger partial charge in [0.15, 0.2) is 6.29 Å². The van der Waals surface area contributed by atoms with Crippen LogP contribution < -0.4 is 5.32 Å². The van der Waals surface area contributed by atoms with Gasteiger partial charge in [-0.05, 0) is 30.3 Å². The summed E-state index contributed by atoms with van der Waals surface area (Å²) in [7, 11) is 0. The first-order chi connectivity index (χ1) is 9.29. The van der Waals surface area contributed by atoms with Crippen molar-refractivity contribution in [3.8, 4) is 0 Å². The zero-order valence-electron chi connectivity index (χ0n) is 9.98. The van der Waals surface area contributed by atoms with E-state index >= 15 is 0 Å². The first-order valence-corrected chi connectivity index (χ1v) is 5.60. The standard InChI is InChI=1S/C14H11N3O2/c18-10-11(9-12-5-1-3-7-15-12)14(19)17-13-6-2-4-8-16-13/h1-10H,(H,16,17,19)/b11-9+. The molecule has 1 amide bonds. The van der Waals surface area contributed by atoms with Gasteiger partial charge in [-0.1, -0.05) is 12.1 Å². The van der Waals surface area contributed by atoms with Gasteiger partial charge in [-0.15, -0.1) is 0 Å². The molecule has 19 heavy (non-hydrogen) atoms. The Labute approximate surface area is 110 Å². The summed E-state index contributed by atoms with van der Waals surface area (Å²) in [6.07, 6.45) is 5.06. The molecule has 0 aliphatic carbocycles.